The fourth-order valence-corrected chi connectivity index (χ4v) is 3.93. The van der Waals surface area contributed by atoms with Crippen molar-refractivity contribution in [3.05, 3.63) is 47.5 Å². The van der Waals surface area contributed by atoms with Crippen molar-refractivity contribution in [2.75, 3.05) is 76.1 Å². The van der Waals surface area contributed by atoms with Crippen LogP contribution in [-0.2, 0) is 14.2 Å². The third kappa shape index (κ3) is 7.91. The summed E-state index contributed by atoms with van der Waals surface area (Å²) < 4.78 is 22.2. The number of morpholine rings is 2. The quantitative estimate of drug-likeness (QED) is 0.302. The number of nitrogens with one attached hydrogen (secondary N) is 1. The summed E-state index contributed by atoms with van der Waals surface area (Å²) in [5.41, 5.74) is 5.27. The Morgan fingerprint density at radius 2 is 1.86 bits per heavy atom. The normalized spacial score (nSPS) is 16.9. The topological polar surface area (TPSA) is 97.8 Å². The standard InChI is InChI=1S/C26H35N5O5/c1-20(2)36-26(32)22-5-3-4-21(16-22)19-27-29-24-17-23(31-9-13-34-14-10-31)18-25(28-24)35-15-8-30-6-11-33-12-7-30/h3-5,16-20H,6-15H2,1-2H3,(H,28,29). The molecule has 0 amide bonds. The summed E-state index contributed by atoms with van der Waals surface area (Å²) >= 11 is 0. The van der Waals surface area contributed by atoms with E-state index in [4.69, 9.17) is 18.9 Å². The summed E-state index contributed by atoms with van der Waals surface area (Å²) in [4.78, 5) is 21.4. The maximum atomic E-state index is 12.2. The number of hydrogen-bond acceptors (Lipinski definition) is 10. The summed E-state index contributed by atoms with van der Waals surface area (Å²) in [5.74, 6) is 0.766. The van der Waals surface area contributed by atoms with Crippen LogP contribution in [-0.4, -0.2) is 93.9 Å². The Labute approximate surface area is 212 Å². The van der Waals surface area contributed by atoms with Crippen molar-refractivity contribution < 1.29 is 23.7 Å². The second-order valence-electron chi connectivity index (χ2n) is 8.90. The molecule has 2 aliphatic heterocycles. The first-order chi connectivity index (χ1) is 17.6. The fraction of sp³-hybridized carbons (Fsp3) is 0.500. The molecular weight excluding hydrogens is 462 g/mol. The maximum Gasteiger partial charge on any atom is 0.338 e. The molecule has 2 aromatic rings. The number of hydrogen-bond donors (Lipinski definition) is 1. The lowest BCUT2D eigenvalue weighted by Gasteiger charge is -2.29. The second-order valence-corrected chi connectivity index (χ2v) is 8.90. The largest absolute Gasteiger partial charge is 0.476 e. The monoisotopic (exact) mass is 497 g/mol. The van der Waals surface area contributed by atoms with E-state index in [1.165, 1.54) is 0 Å². The van der Waals surface area contributed by atoms with Crippen molar-refractivity contribution in [3.63, 3.8) is 0 Å². The van der Waals surface area contributed by atoms with Gasteiger partial charge in [0.1, 0.15) is 6.61 Å². The van der Waals surface area contributed by atoms with E-state index in [9.17, 15) is 4.79 Å². The van der Waals surface area contributed by atoms with Gasteiger partial charge in [-0.15, -0.1) is 0 Å². The molecular formula is C26H35N5O5. The van der Waals surface area contributed by atoms with Crippen molar-refractivity contribution >= 4 is 23.7 Å². The van der Waals surface area contributed by atoms with E-state index in [0.717, 1.165) is 57.2 Å². The first kappa shape index (κ1) is 25.9. The predicted octanol–water partition coefficient (Wildman–Crippen LogP) is 2.64. The van der Waals surface area contributed by atoms with E-state index in [1.807, 2.05) is 32.0 Å². The molecule has 2 fully saturated rings. The summed E-state index contributed by atoms with van der Waals surface area (Å²) in [6.07, 6.45) is 1.47. The van der Waals surface area contributed by atoms with Gasteiger partial charge in [0.2, 0.25) is 5.88 Å². The summed E-state index contributed by atoms with van der Waals surface area (Å²) in [6.45, 7) is 11.4. The van der Waals surface area contributed by atoms with Crippen LogP contribution in [0.4, 0.5) is 11.5 Å². The molecule has 2 aliphatic rings. The third-order valence-electron chi connectivity index (χ3n) is 5.78. The Morgan fingerprint density at radius 1 is 1.11 bits per heavy atom. The molecule has 4 rings (SSSR count). The maximum absolute atomic E-state index is 12.2. The Morgan fingerprint density at radius 3 is 2.61 bits per heavy atom. The summed E-state index contributed by atoms with van der Waals surface area (Å²) in [6, 6.07) is 11.1. The highest BCUT2D eigenvalue weighted by Crippen LogP contribution is 2.25. The first-order valence-corrected chi connectivity index (χ1v) is 12.4. The highest BCUT2D eigenvalue weighted by atomic mass is 16.5. The van der Waals surface area contributed by atoms with E-state index in [1.54, 1.807) is 24.4 Å². The van der Waals surface area contributed by atoms with Gasteiger partial charge in [-0.1, -0.05) is 12.1 Å². The van der Waals surface area contributed by atoms with Crippen LogP contribution in [0.15, 0.2) is 41.5 Å². The van der Waals surface area contributed by atoms with Crippen molar-refractivity contribution in [2.45, 2.75) is 20.0 Å². The predicted molar refractivity (Wildman–Crippen MR) is 138 cm³/mol. The second kappa shape index (κ2) is 13.2. The number of benzene rings is 1. The highest BCUT2D eigenvalue weighted by molar-refractivity contribution is 5.92. The first-order valence-electron chi connectivity index (χ1n) is 12.4. The van der Waals surface area contributed by atoms with Gasteiger partial charge in [-0.3, -0.25) is 10.3 Å². The number of carbonyl (C=O) groups is 1. The van der Waals surface area contributed by atoms with E-state index >= 15 is 0 Å². The van der Waals surface area contributed by atoms with E-state index in [2.05, 4.69) is 25.3 Å². The van der Waals surface area contributed by atoms with Gasteiger partial charge in [0.25, 0.3) is 0 Å². The lowest BCUT2D eigenvalue weighted by atomic mass is 10.1. The van der Waals surface area contributed by atoms with Crippen LogP contribution in [0.25, 0.3) is 0 Å². The smallest absolute Gasteiger partial charge is 0.338 e. The molecule has 0 spiro atoms. The molecule has 0 bridgehead atoms. The van der Waals surface area contributed by atoms with E-state index in [-0.39, 0.29) is 12.1 Å². The van der Waals surface area contributed by atoms with Gasteiger partial charge < -0.3 is 23.8 Å². The summed E-state index contributed by atoms with van der Waals surface area (Å²) in [7, 11) is 0. The summed E-state index contributed by atoms with van der Waals surface area (Å²) in [5, 5.41) is 4.34. The van der Waals surface area contributed by atoms with Crippen LogP contribution < -0.4 is 15.1 Å². The number of aromatic nitrogens is 1. The van der Waals surface area contributed by atoms with Gasteiger partial charge in [-0.2, -0.15) is 10.1 Å². The van der Waals surface area contributed by atoms with Crippen molar-refractivity contribution in [1.82, 2.24) is 9.88 Å². The fourth-order valence-electron chi connectivity index (χ4n) is 3.93. The van der Waals surface area contributed by atoms with Gasteiger partial charge >= 0.3 is 5.97 Å². The van der Waals surface area contributed by atoms with Crippen LogP contribution >= 0.6 is 0 Å². The SMILES string of the molecule is CC(C)OC(=O)c1cccc(C=NNc2cc(N3CCOCC3)cc(OCCN3CCOCC3)n2)c1. The highest BCUT2D eigenvalue weighted by Gasteiger charge is 2.15. The van der Waals surface area contributed by atoms with Crippen LogP contribution in [0.1, 0.15) is 29.8 Å². The van der Waals surface area contributed by atoms with Gasteiger partial charge in [-0.25, -0.2) is 4.79 Å². The Balaban J connectivity index is 1.42. The molecule has 1 N–H and O–H groups in total. The van der Waals surface area contributed by atoms with Crippen LogP contribution in [0.2, 0.25) is 0 Å². The molecule has 0 unspecified atom stereocenters. The number of anilines is 2. The molecule has 0 radical (unpaired) electrons. The van der Waals surface area contributed by atoms with Crippen LogP contribution in [0.5, 0.6) is 5.88 Å². The number of ether oxygens (including phenoxy) is 4. The van der Waals surface area contributed by atoms with Crippen LogP contribution in [0, 0.1) is 0 Å². The van der Waals surface area contributed by atoms with Crippen molar-refractivity contribution in [3.8, 4) is 5.88 Å². The zero-order chi connectivity index (χ0) is 25.2. The number of pyridine rings is 1. The Hall–Kier alpha value is -3.21. The van der Waals surface area contributed by atoms with E-state index in [0.29, 0.717) is 37.1 Å². The number of carbonyl (C=O) groups excluding carboxylic acids is 1. The van der Waals surface area contributed by atoms with Gasteiger partial charge in [0.05, 0.1) is 44.3 Å². The molecule has 10 nitrogen and oxygen atoms in total. The lowest BCUT2D eigenvalue weighted by molar-refractivity contribution is 0.0320. The number of esters is 1. The molecule has 0 atom stereocenters. The zero-order valence-electron chi connectivity index (χ0n) is 21.0. The Bertz CT molecular complexity index is 1020. The minimum Gasteiger partial charge on any atom is -0.476 e. The molecule has 2 saturated heterocycles. The molecule has 0 aliphatic carbocycles. The molecule has 3 heterocycles. The van der Waals surface area contributed by atoms with Gasteiger partial charge in [0.15, 0.2) is 5.82 Å². The zero-order valence-corrected chi connectivity index (χ0v) is 21.0. The van der Waals surface area contributed by atoms with E-state index < -0.39 is 0 Å². The third-order valence-corrected chi connectivity index (χ3v) is 5.78. The Kier molecular flexibility index (Phi) is 9.48. The molecule has 1 aromatic carbocycles. The van der Waals surface area contributed by atoms with Crippen molar-refractivity contribution in [1.29, 1.82) is 0 Å². The molecule has 36 heavy (non-hydrogen) atoms. The van der Waals surface area contributed by atoms with Gasteiger partial charge in [0, 0.05) is 50.5 Å². The average molecular weight is 498 g/mol. The molecule has 1 aromatic heterocycles. The van der Waals surface area contributed by atoms with Crippen LogP contribution in [0.3, 0.4) is 0 Å². The number of hydrazone groups is 1. The molecule has 0 saturated carbocycles. The lowest BCUT2D eigenvalue weighted by Crippen LogP contribution is -2.38. The molecule has 194 valence electrons. The average Bonchev–Trinajstić information content (AvgIpc) is 2.89. The minimum absolute atomic E-state index is 0.174. The van der Waals surface area contributed by atoms with Crippen molar-refractivity contribution in [2.24, 2.45) is 5.10 Å². The van der Waals surface area contributed by atoms with Gasteiger partial charge in [-0.05, 0) is 31.5 Å². The molecule has 10 heteroatoms. The number of nitrogens with zero attached hydrogens (tertiary/aromatic N) is 4. The number of rotatable bonds is 10. The minimum atomic E-state index is -0.355.